The highest BCUT2D eigenvalue weighted by atomic mass is 16.5. The third-order valence-electron chi connectivity index (χ3n) is 3.23. The Morgan fingerprint density at radius 1 is 1.39 bits per heavy atom. The minimum Gasteiger partial charge on any atom is -0.339 e. The molecule has 0 aliphatic heterocycles. The number of urea groups is 1. The highest BCUT2D eigenvalue weighted by Gasteiger charge is 2.13. The fourth-order valence-electron chi connectivity index (χ4n) is 2.09. The van der Waals surface area contributed by atoms with E-state index >= 15 is 0 Å². The summed E-state index contributed by atoms with van der Waals surface area (Å²) in [5.74, 6) is 1.78. The van der Waals surface area contributed by atoms with E-state index in [4.69, 9.17) is 4.52 Å². The Balaban J connectivity index is 1.87. The second-order valence-electron chi connectivity index (χ2n) is 5.40. The summed E-state index contributed by atoms with van der Waals surface area (Å²) in [7, 11) is 0. The molecule has 0 aromatic carbocycles. The minimum atomic E-state index is -0.282. The number of carbonyl (C=O) groups excluding carboxylic acids is 1. The van der Waals surface area contributed by atoms with E-state index in [1.807, 2.05) is 43.5 Å². The largest absolute Gasteiger partial charge is 0.339 e. The first-order valence-corrected chi connectivity index (χ1v) is 7.44. The number of anilines is 1. The summed E-state index contributed by atoms with van der Waals surface area (Å²) in [6.07, 6.45) is 3.58. The van der Waals surface area contributed by atoms with Gasteiger partial charge in [0.2, 0.25) is 11.7 Å². The molecule has 0 unspecified atom stereocenters. The molecule has 0 saturated heterocycles. The van der Waals surface area contributed by atoms with Crippen LogP contribution in [0.5, 0.6) is 0 Å². The number of imidazole rings is 1. The van der Waals surface area contributed by atoms with E-state index in [2.05, 4.69) is 25.8 Å². The molecule has 0 radical (unpaired) electrons. The Morgan fingerprint density at radius 2 is 2.22 bits per heavy atom. The Labute approximate surface area is 132 Å². The van der Waals surface area contributed by atoms with Crippen molar-refractivity contribution in [3.8, 4) is 11.4 Å². The van der Waals surface area contributed by atoms with Crippen LogP contribution in [0.2, 0.25) is 0 Å². The third kappa shape index (κ3) is 3.15. The monoisotopic (exact) mass is 314 g/mol. The topological polar surface area (TPSA) is 97.4 Å². The molecule has 23 heavy (non-hydrogen) atoms. The fourth-order valence-corrected chi connectivity index (χ4v) is 2.09. The van der Waals surface area contributed by atoms with Crippen molar-refractivity contribution in [2.45, 2.75) is 26.7 Å². The molecule has 2 N–H and O–H groups in total. The Morgan fingerprint density at radius 3 is 2.91 bits per heavy atom. The zero-order valence-corrected chi connectivity index (χ0v) is 13.2. The molecule has 8 nitrogen and oxygen atoms in total. The number of aromatic nitrogens is 4. The zero-order valence-electron chi connectivity index (χ0n) is 13.2. The number of rotatable bonds is 4. The van der Waals surface area contributed by atoms with Crippen LogP contribution in [0.4, 0.5) is 10.6 Å². The first-order valence-electron chi connectivity index (χ1n) is 7.44. The molecule has 3 heterocycles. The number of fused-ring (bicyclic) bond motifs is 1. The number of amides is 2. The Bertz CT molecular complexity index is 835. The predicted octanol–water partition coefficient (Wildman–Crippen LogP) is 2.65. The molecule has 3 aromatic heterocycles. The molecule has 0 spiro atoms. The summed E-state index contributed by atoms with van der Waals surface area (Å²) >= 11 is 0. The van der Waals surface area contributed by atoms with Gasteiger partial charge in [0.25, 0.3) is 0 Å². The van der Waals surface area contributed by atoms with Crippen LogP contribution in [0, 0.1) is 0 Å². The zero-order chi connectivity index (χ0) is 16.4. The molecule has 8 heteroatoms. The number of nitrogens with zero attached hydrogens (tertiary/aromatic N) is 4. The van der Waals surface area contributed by atoms with Crippen LogP contribution in [-0.2, 0) is 0 Å². The Hall–Kier alpha value is -2.90. The number of hydrogen-bond donors (Lipinski definition) is 2. The maximum absolute atomic E-state index is 11.5. The second-order valence-corrected chi connectivity index (χ2v) is 5.40. The van der Waals surface area contributed by atoms with Crippen LogP contribution in [0.3, 0.4) is 0 Å². The SMILES string of the molecule is CCNC(=O)Nc1cn2ccc(-c3noc(C(C)C)n3)cc2n1. The average molecular weight is 314 g/mol. The summed E-state index contributed by atoms with van der Waals surface area (Å²) in [6.45, 7) is 6.40. The van der Waals surface area contributed by atoms with Crippen molar-refractivity contribution in [3.63, 3.8) is 0 Å². The molecule has 0 aliphatic rings. The maximum atomic E-state index is 11.5. The van der Waals surface area contributed by atoms with Gasteiger partial charge in [0.15, 0.2) is 5.82 Å². The standard InChI is InChI=1S/C15H18N6O2/c1-4-16-15(22)18-11-8-21-6-5-10(7-12(21)17-11)13-19-14(9(2)3)23-20-13/h5-9H,4H2,1-3H3,(H2,16,18,22). The second kappa shape index (κ2) is 6.07. The minimum absolute atomic E-state index is 0.180. The van der Waals surface area contributed by atoms with E-state index in [-0.39, 0.29) is 11.9 Å². The van der Waals surface area contributed by atoms with Gasteiger partial charge < -0.3 is 14.2 Å². The van der Waals surface area contributed by atoms with Gasteiger partial charge >= 0.3 is 6.03 Å². The van der Waals surface area contributed by atoms with Gasteiger partial charge in [-0.15, -0.1) is 0 Å². The molecule has 0 bridgehead atoms. The summed E-state index contributed by atoms with van der Waals surface area (Å²) < 4.78 is 7.04. The molecule has 3 rings (SSSR count). The molecule has 3 aromatic rings. The molecular formula is C15H18N6O2. The normalized spacial score (nSPS) is 11.1. The number of nitrogens with one attached hydrogen (secondary N) is 2. The van der Waals surface area contributed by atoms with Gasteiger partial charge in [-0.3, -0.25) is 5.32 Å². The van der Waals surface area contributed by atoms with Crippen LogP contribution < -0.4 is 10.6 Å². The van der Waals surface area contributed by atoms with E-state index in [1.54, 1.807) is 6.20 Å². The molecule has 0 atom stereocenters. The van der Waals surface area contributed by atoms with Crippen LogP contribution in [0.25, 0.3) is 17.0 Å². The van der Waals surface area contributed by atoms with Gasteiger partial charge in [0.1, 0.15) is 5.65 Å². The van der Waals surface area contributed by atoms with Gasteiger partial charge in [-0.25, -0.2) is 9.78 Å². The summed E-state index contributed by atoms with van der Waals surface area (Å²) in [5, 5.41) is 9.33. The lowest BCUT2D eigenvalue weighted by Crippen LogP contribution is -2.28. The molecule has 0 saturated carbocycles. The van der Waals surface area contributed by atoms with Crippen molar-refractivity contribution in [2.75, 3.05) is 11.9 Å². The van der Waals surface area contributed by atoms with Crippen molar-refractivity contribution in [1.29, 1.82) is 0 Å². The van der Waals surface area contributed by atoms with Crippen molar-refractivity contribution in [2.24, 2.45) is 0 Å². The van der Waals surface area contributed by atoms with Crippen molar-refractivity contribution < 1.29 is 9.32 Å². The lowest BCUT2D eigenvalue weighted by molar-refractivity contribution is 0.252. The van der Waals surface area contributed by atoms with Crippen molar-refractivity contribution in [1.82, 2.24) is 24.8 Å². The van der Waals surface area contributed by atoms with Gasteiger partial charge in [-0.05, 0) is 19.1 Å². The molecule has 0 aliphatic carbocycles. The summed E-state index contributed by atoms with van der Waals surface area (Å²) in [4.78, 5) is 20.3. The number of carbonyl (C=O) groups is 1. The molecule has 2 amide bonds. The van der Waals surface area contributed by atoms with Gasteiger partial charge in [0.05, 0.1) is 6.20 Å². The van der Waals surface area contributed by atoms with E-state index < -0.39 is 0 Å². The quantitative estimate of drug-likeness (QED) is 0.771. The van der Waals surface area contributed by atoms with Crippen LogP contribution >= 0.6 is 0 Å². The highest BCUT2D eigenvalue weighted by molar-refractivity contribution is 5.88. The lowest BCUT2D eigenvalue weighted by Gasteiger charge is -2.00. The highest BCUT2D eigenvalue weighted by Crippen LogP contribution is 2.21. The number of pyridine rings is 1. The Kier molecular flexibility index (Phi) is 3.96. The third-order valence-corrected chi connectivity index (χ3v) is 3.23. The van der Waals surface area contributed by atoms with Crippen molar-refractivity contribution >= 4 is 17.5 Å². The predicted molar refractivity (Wildman–Crippen MR) is 85.3 cm³/mol. The summed E-state index contributed by atoms with van der Waals surface area (Å²) in [6, 6.07) is 3.44. The van der Waals surface area contributed by atoms with Crippen LogP contribution in [0.1, 0.15) is 32.6 Å². The van der Waals surface area contributed by atoms with E-state index in [1.165, 1.54) is 0 Å². The van der Waals surface area contributed by atoms with E-state index in [0.29, 0.717) is 29.7 Å². The smallest absolute Gasteiger partial charge is 0.320 e. The molecular weight excluding hydrogens is 296 g/mol. The van der Waals surface area contributed by atoms with Crippen molar-refractivity contribution in [3.05, 3.63) is 30.4 Å². The first kappa shape index (κ1) is 15.0. The van der Waals surface area contributed by atoms with Crippen LogP contribution in [0.15, 0.2) is 29.0 Å². The molecule has 0 fully saturated rings. The molecule has 120 valence electrons. The average Bonchev–Trinajstić information content (AvgIpc) is 3.12. The maximum Gasteiger partial charge on any atom is 0.320 e. The fraction of sp³-hybridized carbons (Fsp3) is 0.333. The summed E-state index contributed by atoms with van der Waals surface area (Å²) in [5.41, 5.74) is 1.49. The van der Waals surface area contributed by atoms with E-state index in [9.17, 15) is 4.79 Å². The lowest BCUT2D eigenvalue weighted by atomic mass is 10.2. The van der Waals surface area contributed by atoms with Gasteiger partial charge in [-0.2, -0.15) is 4.98 Å². The number of hydrogen-bond acceptors (Lipinski definition) is 5. The first-order chi connectivity index (χ1) is 11.1. The van der Waals surface area contributed by atoms with Gasteiger partial charge in [0, 0.05) is 24.2 Å². The van der Waals surface area contributed by atoms with Gasteiger partial charge in [-0.1, -0.05) is 19.0 Å². The van der Waals surface area contributed by atoms with Crippen LogP contribution in [-0.4, -0.2) is 32.1 Å². The van der Waals surface area contributed by atoms with E-state index in [0.717, 1.165) is 5.56 Å².